The lowest BCUT2D eigenvalue weighted by atomic mass is 10.1. The molecule has 0 fully saturated rings. The summed E-state index contributed by atoms with van der Waals surface area (Å²) >= 11 is 0. The van der Waals surface area contributed by atoms with Gasteiger partial charge in [0.15, 0.2) is 0 Å². The Morgan fingerprint density at radius 1 is 1.26 bits per heavy atom. The van der Waals surface area contributed by atoms with Gasteiger partial charge in [0.05, 0.1) is 5.69 Å². The second-order valence-corrected chi connectivity index (χ2v) is 4.22. The summed E-state index contributed by atoms with van der Waals surface area (Å²) in [5, 5.41) is 15.5. The van der Waals surface area contributed by atoms with Gasteiger partial charge in [0, 0.05) is 43.2 Å². The lowest BCUT2D eigenvalue weighted by Gasteiger charge is -2.19. The van der Waals surface area contributed by atoms with Gasteiger partial charge in [0.2, 0.25) is 5.82 Å². The van der Waals surface area contributed by atoms with Crippen molar-refractivity contribution in [1.29, 1.82) is 5.26 Å². The number of pyridine rings is 1. The maximum absolute atomic E-state index is 9.00. The fourth-order valence-corrected chi connectivity index (χ4v) is 2.07. The van der Waals surface area contributed by atoms with Gasteiger partial charge in [-0.25, -0.2) is 9.97 Å². The summed E-state index contributed by atoms with van der Waals surface area (Å²) in [6.07, 6.45) is 4.23. The van der Waals surface area contributed by atoms with E-state index in [0.29, 0.717) is 12.4 Å². The van der Waals surface area contributed by atoms with Crippen LogP contribution in [0, 0.1) is 11.3 Å². The third-order valence-electron chi connectivity index (χ3n) is 2.98. The zero-order valence-corrected chi connectivity index (χ0v) is 10.2. The summed E-state index contributed by atoms with van der Waals surface area (Å²) in [6, 6.07) is 5.72. The summed E-state index contributed by atoms with van der Waals surface area (Å²) in [5.41, 5.74) is 2.87. The average Bonchev–Trinajstić information content (AvgIpc) is 2.48. The predicted octanol–water partition coefficient (Wildman–Crippen LogP) is 1.13. The van der Waals surface area contributed by atoms with E-state index >= 15 is 0 Å². The maximum Gasteiger partial charge on any atom is 0.234 e. The monoisotopic (exact) mass is 252 g/mol. The molecule has 6 nitrogen and oxygen atoms in total. The molecule has 0 saturated carbocycles. The van der Waals surface area contributed by atoms with E-state index in [-0.39, 0.29) is 5.82 Å². The van der Waals surface area contributed by atoms with Gasteiger partial charge in [-0.1, -0.05) is 0 Å². The highest BCUT2D eigenvalue weighted by atomic mass is 15.1. The van der Waals surface area contributed by atoms with E-state index in [2.05, 4.69) is 25.6 Å². The standard InChI is InChI=1S/C13H12N6/c14-7-12-18-11-3-6-16-8-10(11)13(19-12)17-9-1-4-15-5-2-9/h1-2,4-5,16H,3,6,8H2,(H,15,17,18,19). The molecule has 2 aromatic heterocycles. The minimum atomic E-state index is 0.206. The Kier molecular flexibility index (Phi) is 3.04. The molecule has 19 heavy (non-hydrogen) atoms. The first-order chi connectivity index (χ1) is 9.36. The van der Waals surface area contributed by atoms with Crippen molar-refractivity contribution in [1.82, 2.24) is 20.3 Å². The second-order valence-electron chi connectivity index (χ2n) is 4.22. The number of hydrogen-bond donors (Lipinski definition) is 2. The van der Waals surface area contributed by atoms with Crippen LogP contribution in [0.15, 0.2) is 24.5 Å². The van der Waals surface area contributed by atoms with Crippen LogP contribution in [0.25, 0.3) is 0 Å². The number of rotatable bonds is 2. The van der Waals surface area contributed by atoms with Crippen molar-refractivity contribution in [3.63, 3.8) is 0 Å². The number of nitrogens with one attached hydrogen (secondary N) is 2. The summed E-state index contributed by atoms with van der Waals surface area (Å²) < 4.78 is 0. The van der Waals surface area contributed by atoms with Gasteiger partial charge in [-0.05, 0) is 12.1 Å². The van der Waals surface area contributed by atoms with E-state index in [1.807, 2.05) is 18.2 Å². The second kappa shape index (κ2) is 5.00. The van der Waals surface area contributed by atoms with Gasteiger partial charge >= 0.3 is 0 Å². The van der Waals surface area contributed by atoms with E-state index in [4.69, 9.17) is 5.26 Å². The molecule has 0 aromatic carbocycles. The van der Waals surface area contributed by atoms with Crippen molar-refractivity contribution < 1.29 is 0 Å². The molecule has 1 aliphatic heterocycles. The van der Waals surface area contributed by atoms with Crippen molar-refractivity contribution in [3.8, 4) is 6.07 Å². The van der Waals surface area contributed by atoms with E-state index in [1.54, 1.807) is 12.4 Å². The Balaban J connectivity index is 2.02. The molecule has 0 unspecified atom stereocenters. The molecule has 0 amide bonds. The molecule has 0 bridgehead atoms. The van der Waals surface area contributed by atoms with Gasteiger partial charge in [-0.15, -0.1) is 0 Å². The molecule has 6 heteroatoms. The number of nitriles is 1. The fourth-order valence-electron chi connectivity index (χ4n) is 2.07. The Morgan fingerprint density at radius 2 is 2.11 bits per heavy atom. The Bertz CT molecular complexity index is 632. The number of aromatic nitrogens is 3. The molecule has 1 aliphatic rings. The van der Waals surface area contributed by atoms with Crippen LogP contribution in [0.3, 0.4) is 0 Å². The van der Waals surface area contributed by atoms with Crippen LogP contribution < -0.4 is 10.6 Å². The van der Waals surface area contributed by atoms with Crippen LogP contribution in [0.4, 0.5) is 11.5 Å². The molecule has 2 N–H and O–H groups in total. The van der Waals surface area contributed by atoms with E-state index in [9.17, 15) is 0 Å². The average molecular weight is 252 g/mol. The van der Waals surface area contributed by atoms with Crippen molar-refractivity contribution in [2.24, 2.45) is 0 Å². The quantitative estimate of drug-likeness (QED) is 0.833. The Labute approximate surface area is 110 Å². The summed E-state index contributed by atoms with van der Waals surface area (Å²) in [7, 11) is 0. The van der Waals surface area contributed by atoms with E-state index in [1.165, 1.54) is 0 Å². The van der Waals surface area contributed by atoms with Gasteiger partial charge < -0.3 is 10.6 Å². The van der Waals surface area contributed by atoms with Gasteiger partial charge in [-0.2, -0.15) is 5.26 Å². The van der Waals surface area contributed by atoms with Crippen LogP contribution in [0.5, 0.6) is 0 Å². The summed E-state index contributed by atoms with van der Waals surface area (Å²) in [4.78, 5) is 12.5. The lowest BCUT2D eigenvalue weighted by Crippen LogP contribution is -2.26. The molecule has 0 aliphatic carbocycles. The number of fused-ring (bicyclic) bond motifs is 1. The van der Waals surface area contributed by atoms with Crippen molar-refractivity contribution in [2.75, 3.05) is 11.9 Å². The molecule has 0 atom stereocenters. The Morgan fingerprint density at radius 3 is 2.89 bits per heavy atom. The van der Waals surface area contributed by atoms with Crippen LogP contribution in [0.2, 0.25) is 0 Å². The molecule has 0 spiro atoms. The maximum atomic E-state index is 9.00. The number of hydrogen-bond acceptors (Lipinski definition) is 6. The summed E-state index contributed by atoms with van der Waals surface area (Å²) in [6.45, 7) is 1.60. The molecule has 94 valence electrons. The Hall–Kier alpha value is -2.52. The van der Waals surface area contributed by atoms with Gasteiger partial charge in [-0.3, -0.25) is 4.98 Å². The molecule has 2 aromatic rings. The first-order valence-electron chi connectivity index (χ1n) is 6.04. The molecule has 0 saturated heterocycles. The first kappa shape index (κ1) is 11.6. The largest absolute Gasteiger partial charge is 0.340 e. The van der Waals surface area contributed by atoms with Gasteiger partial charge in [0.1, 0.15) is 11.9 Å². The number of nitrogens with zero attached hydrogens (tertiary/aromatic N) is 4. The highest BCUT2D eigenvalue weighted by Gasteiger charge is 2.17. The van der Waals surface area contributed by atoms with E-state index < -0.39 is 0 Å². The van der Waals surface area contributed by atoms with Crippen molar-refractivity contribution >= 4 is 11.5 Å². The van der Waals surface area contributed by atoms with Crippen LogP contribution in [-0.4, -0.2) is 21.5 Å². The third-order valence-corrected chi connectivity index (χ3v) is 2.98. The normalized spacial score (nSPS) is 13.4. The van der Waals surface area contributed by atoms with Crippen molar-refractivity contribution in [3.05, 3.63) is 41.6 Å². The zero-order valence-electron chi connectivity index (χ0n) is 10.2. The first-order valence-corrected chi connectivity index (χ1v) is 6.04. The SMILES string of the molecule is N#Cc1nc2c(c(Nc3ccncc3)n1)CNCC2. The number of anilines is 2. The molecule has 0 radical (unpaired) electrons. The highest BCUT2D eigenvalue weighted by Crippen LogP contribution is 2.23. The lowest BCUT2D eigenvalue weighted by molar-refractivity contribution is 0.626. The smallest absolute Gasteiger partial charge is 0.234 e. The highest BCUT2D eigenvalue weighted by molar-refractivity contribution is 5.60. The fraction of sp³-hybridized carbons (Fsp3) is 0.231. The molecule has 3 rings (SSSR count). The summed E-state index contributed by atoms with van der Waals surface area (Å²) in [5.74, 6) is 0.900. The third kappa shape index (κ3) is 2.37. The minimum absolute atomic E-state index is 0.206. The molecule has 3 heterocycles. The zero-order chi connectivity index (χ0) is 13.1. The van der Waals surface area contributed by atoms with Gasteiger partial charge in [0.25, 0.3) is 0 Å². The van der Waals surface area contributed by atoms with Crippen molar-refractivity contribution in [2.45, 2.75) is 13.0 Å². The van der Waals surface area contributed by atoms with Crippen LogP contribution in [0.1, 0.15) is 17.1 Å². The van der Waals surface area contributed by atoms with Crippen LogP contribution in [-0.2, 0) is 13.0 Å². The predicted molar refractivity (Wildman–Crippen MR) is 69.7 cm³/mol. The van der Waals surface area contributed by atoms with E-state index in [0.717, 1.165) is 29.9 Å². The van der Waals surface area contributed by atoms with Crippen LogP contribution >= 0.6 is 0 Å². The topological polar surface area (TPSA) is 86.5 Å². The minimum Gasteiger partial charge on any atom is -0.340 e. The molecular weight excluding hydrogens is 240 g/mol. The molecular formula is C13H12N6.